The van der Waals surface area contributed by atoms with E-state index >= 15 is 0 Å². The normalized spacial score (nSPS) is 12.1. The van der Waals surface area contributed by atoms with Gasteiger partial charge in [-0.25, -0.2) is 4.21 Å². The molecule has 1 atom stereocenters. The first-order valence-corrected chi connectivity index (χ1v) is 6.21. The third-order valence-corrected chi connectivity index (χ3v) is 3.22. The maximum Gasteiger partial charge on any atom is 0.160 e. The highest BCUT2D eigenvalue weighted by molar-refractivity contribution is 7.86. The Hall–Kier alpha value is -1.66. The molecule has 0 aliphatic rings. The lowest BCUT2D eigenvalue weighted by Gasteiger charge is -2.04. The molecular formula is C10H9ClN4OS. The molecule has 0 fully saturated rings. The molecule has 2 aromatic rings. The summed E-state index contributed by atoms with van der Waals surface area (Å²) in [6.45, 7) is 0. The third-order valence-electron chi connectivity index (χ3n) is 1.92. The van der Waals surface area contributed by atoms with Crippen molar-refractivity contribution < 1.29 is 4.21 Å². The topological polar surface area (TPSA) is 80.9 Å². The Labute approximate surface area is 106 Å². The molecule has 0 spiro atoms. The van der Waals surface area contributed by atoms with Gasteiger partial charge in [-0.2, -0.15) is 0 Å². The Morgan fingerprint density at radius 2 is 1.82 bits per heavy atom. The number of benzene rings is 1. The fourth-order valence-electron chi connectivity index (χ4n) is 1.12. The standard InChI is InChI=1S/C10H9ClN4OS/c11-9-5-6-10(14-13-9)15-17(16)8-3-1-7(12)2-4-8/h1-6H,12H2,(H,14,15). The summed E-state index contributed by atoms with van der Waals surface area (Å²) in [6.07, 6.45) is 0. The molecule has 7 heteroatoms. The summed E-state index contributed by atoms with van der Waals surface area (Å²) in [4.78, 5) is 0.607. The smallest absolute Gasteiger partial charge is 0.160 e. The average molecular weight is 269 g/mol. The number of nitrogens with one attached hydrogen (secondary N) is 1. The van der Waals surface area contributed by atoms with E-state index in [0.717, 1.165) is 0 Å². The number of aromatic nitrogens is 2. The first-order chi connectivity index (χ1) is 8.15. The molecule has 17 heavy (non-hydrogen) atoms. The van der Waals surface area contributed by atoms with Crippen molar-refractivity contribution >= 4 is 34.1 Å². The Kier molecular flexibility index (Phi) is 3.55. The SMILES string of the molecule is Nc1ccc(S(=O)Nc2ccc(Cl)nn2)cc1. The van der Waals surface area contributed by atoms with E-state index in [2.05, 4.69) is 14.9 Å². The van der Waals surface area contributed by atoms with Crippen LogP contribution in [0.2, 0.25) is 5.15 Å². The van der Waals surface area contributed by atoms with Crippen molar-refractivity contribution in [2.75, 3.05) is 10.5 Å². The average Bonchev–Trinajstić information content (AvgIpc) is 2.33. The van der Waals surface area contributed by atoms with E-state index in [-0.39, 0.29) is 5.15 Å². The molecule has 1 aromatic carbocycles. The second-order valence-electron chi connectivity index (χ2n) is 3.18. The van der Waals surface area contributed by atoms with Crippen LogP contribution in [0.1, 0.15) is 0 Å². The minimum atomic E-state index is -1.40. The van der Waals surface area contributed by atoms with Crippen LogP contribution in [-0.4, -0.2) is 14.4 Å². The second-order valence-corrected chi connectivity index (χ2v) is 4.78. The van der Waals surface area contributed by atoms with Gasteiger partial charge in [0.05, 0.1) is 4.90 Å². The molecule has 0 aliphatic heterocycles. The van der Waals surface area contributed by atoms with Crippen molar-refractivity contribution in [2.24, 2.45) is 0 Å². The van der Waals surface area contributed by atoms with Crippen LogP contribution in [0.5, 0.6) is 0 Å². The van der Waals surface area contributed by atoms with Crippen LogP contribution < -0.4 is 10.5 Å². The first-order valence-electron chi connectivity index (χ1n) is 4.68. The number of nitrogens with zero attached hydrogens (tertiary/aromatic N) is 2. The lowest BCUT2D eigenvalue weighted by atomic mass is 10.3. The molecule has 0 bridgehead atoms. The molecular weight excluding hydrogens is 260 g/mol. The molecule has 3 N–H and O–H groups in total. The molecule has 0 saturated carbocycles. The number of nitrogens with two attached hydrogens (primary N) is 1. The number of anilines is 2. The van der Waals surface area contributed by atoms with Crippen molar-refractivity contribution in [3.05, 3.63) is 41.6 Å². The lowest BCUT2D eigenvalue weighted by Crippen LogP contribution is -2.06. The second kappa shape index (κ2) is 5.11. The molecule has 0 saturated heterocycles. The van der Waals surface area contributed by atoms with E-state index in [4.69, 9.17) is 17.3 Å². The predicted molar refractivity (Wildman–Crippen MR) is 67.9 cm³/mol. The van der Waals surface area contributed by atoms with Crippen molar-refractivity contribution in [2.45, 2.75) is 4.90 Å². The predicted octanol–water partition coefficient (Wildman–Crippen LogP) is 1.85. The van der Waals surface area contributed by atoms with Crippen molar-refractivity contribution in [3.63, 3.8) is 0 Å². The van der Waals surface area contributed by atoms with Gasteiger partial charge in [0.2, 0.25) is 0 Å². The molecule has 1 unspecified atom stereocenters. The van der Waals surface area contributed by atoms with Crippen LogP contribution >= 0.6 is 11.6 Å². The molecule has 0 aliphatic carbocycles. The summed E-state index contributed by atoms with van der Waals surface area (Å²) < 4.78 is 14.6. The van der Waals surface area contributed by atoms with Gasteiger partial charge in [-0.15, -0.1) is 10.2 Å². The molecule has 0 radical (unpaired) electrons. The van der Waals surface area contributed by atoms with Crippen LogP contribution in [0.15, 0.2) is 41.3 Å². The Morgan fingerprint density at radius 3 is 2.41 bits per heavy atom. The van der Waals surface area contributed by atoms with E-state index in [1.807, 2.05) is 0 Å². The minimum Gasteiger partial charge on any atom is -0.399 e. The van der Waals surface area contributed by atoms with E-state index in [1.165, 1.54) is 0 Å². The van der Waals surface area contributed by atoms with Gasteiger partial charge < -0.3 is 5.73 Å². The van der Waals surface area contributed by atoms with Crippen LogP contribution in [0.25, 0.3) is 0 Å². The fraction of sp³-hybridized carbons (Fsp3) is 0. The number of nitrogen functional groups attached to an aromatic ring is 1. The van der Waals surface area contributed by atoms with Gasteiger partial charge in [-0.05, 0) is 36.4 Å². The van der Waals surface area contributed by atoms with Crippen LogP contribution in [0, 0.1) is 0 Å². The Morgan fingerprint density at radius 1 is 1.12 bits per heavy atom. The van der Waals surface area contributed by atoms with Gasteiger partial charge in [0.1, 0.15) is 0 Å². The van der Waals surface area contributed by atoms with Crippen molar-refractivity contribution in [1.29, 1.82) is 0 Å². The molecule has 1 aromatic heterocycles. The summed E-state index contributed by atoms with van der Waals surface area (Å²) in [7, 11) is -1.40. The van der Waals surface area contributed by atoms with Crippen molar-refractivity contribution in [1.82, 2.24) is 10.2 Å². The summed E-state index contributed by atoms with van der Waals surface area (Å²) in [5.74, 6) is 0.393. The molecule has 1 heterocycles. The highest BCUT2D eigenvalue weighted by atomic mass is 35.5. The van der Waals surface area contributed by atoms with E-state index in [1.54, 1.807) is 36.4 Å². The molecule has 88 valence electrons. The number of hydrogen-bond donors (Lipinski definition) is 2. The van der Waals surface area contributed by atoms with E-state index in [9.17, 15) is 4.21 Å². The summed E-state index contributed by atoms with van der Waals surface area (Å²) in [6, 6.07) is 9.90. The first kappa shape index (κ1) is 11.8. The monoisotopic (exact) mass is 268 g/mol. The molecule has 0 amide bonds. The number of hydrogen-bond acceptors (Lipinski definition) is 4. The zero-order valence-corrected chi connectivity index (χ0v) is 10.2. The zero-order chi connectivity index (χ0) is 12.3. The maximum absolute atomic E-state index is 11.9. The summed E-state index contributed by atoms with van der Waals surface area (Å²) >= 11 is 5.59. The van der Waals surface area contributed by atoms with Crippen LogP contribution in [0.3, 0.4) is 0 Å². The van der Waals surface area contributed by atoms with E-state index < -0.39 is 11.0 Å². The van der Waals surface area contributed by atoms with E-state index in [0.29, 0.717) is 16.4 Å². The minimum absolute atomic E-state index is 0.286. The highest BCUT2D eigenvalue weighted by Crippen LogP contribution is 2.13. The maximum atomic E-state index is 11.9. The van der Waals surface area contributed by atoms with Crippen molar-refractivity contribution in [3.8, 4) is 0 Å². The van der Waals surface area contributed by atoms with Gasteiger partial charge in [-0.3, -0.25) is 4.72 Å². The summed E-state index contributed by atoms with van der Waals surface area (Å²) in [5.41, 5.74) is 6.16. The fourth-order valence-corrected chi connectivity index (χ4v) is 2.02. The molecule has 2 rings (SSSR count). The van der Waals surface area contributed by atoms with Gasteiger partial charge >= 0.3 is 0 Å². The van der Waals surface area contributed by atoms with Gasteiger partial charge in [0.15, 0.2) is 22.0 Å². The van der Waals surface area contributed by atoms with Gasteiger partial charge in [-0.1, -0.05) is 11.6 Å². The zero-order valence-electron chi connectivity index (χ0n) is 8.63. The Balaban J connectivity index is 2.11. The number of rotatable bonds is 3. The van der Waals surface area contributed by atoms with Gasteiger partial charge in [0.25, 0.3) is 0 Å². The lowest BCUT2D eigenvalue weighted by molar-refractivity contribution is 0.686. The quantitative estimate of drug-likeness (QED) is 0.833. The largest absolute Gasteiger partial charge is 0.399 e. The highest BCUT2D eigenvalue weighted by Gasteiger charge is 2.04. The summed E-state index contributed by atoms with van der Waals surface area (Å²) in [5, 5.41) is 7.67. The van der Waals surface area contributed by atoms with Crippen LogP contribution in [-0.2, 0) is 11.0 Å². The third kappa shape index (κ3) is 3.15. The van der Waals surface area contributed by atoms with Crippen LogP contribution in [0.4, 0.5) is 11.5 Å². The van der Waals surface area contributed by atoms with Gasteiger partial charge in [0, 0.05) is 5.69 Å². The Bertz CT molecular complexity index is 529. The number of halogens is 1. The molecule has 5 nitrogen and oxygen atoms in total.